The molecule has 0 heterocycles. The second kappa shape index (κ2) is 15.8. The summed E-state index contributed by atoms with van der Waals surface area (Å²) in [6.07, 6.45) is 19.5. The first-order chi connectivity index (χ1) is 9.31. The summed E-state index contributed by atoms with van der Waals surface area (Å²) in [5.41, 5.74) is 0. The third kappa shape index (κ3) is 15.6. The predicted octanol–water partition coefficient (Wildman–Crippen LogP) is 5.85. The van der Waals surface area contributed by atoms with E-state index in [9.17, 15) is 0 Å². The maximum absolute atomic E-state index is 3.61. The van der Waals surface area contributed by atoms with Crippen molar-refractivity contribution < 1.29 is 0 Å². The number of hydrogen-bond donors (Lipinski definition) is 1. The molecule has 0 spiro atoms. The Hall–Kier alpha value is -0.300. The van der Waals surface area contributed by atoms with E-state index in [1.54, 1.807) is 0 Å². The first kappa shape index (κ1) is 18.7. The van der Waals surface area contributed by atoms with Crippen LogP contribution >= 0.6 is 0 Å². The lowest BCUT2D eigenvalue weighted by molar-refractivity contribution is 0.472. The van der Waals surface area contributed by atoms with E-state index in [0.717, 1.165) is 0 Å². The minimum absolute atomic E-state index is 0.714. The van der Waals surface area contributed by atoms with Crippen molar-refractivity contribution in [2.45, 2.75) is 97.4 Å². The zero-order valence-corrected chi connectivity index (χ0v) is 13.7. The summed E-state index contributed by atoms with van der Waals surface area (Å²) < 4.78 is 0. The third-order valence-electron chi connectivity index (χ3n) is 3.68. The lowest BCUT2D eigenvalue weighted by Gasteiger charge is -2.13. The van der Waals surface area contributed by atoms with Gasteiger partial charge in [-0.15, -0.1) is 0 Å². The minimum Gasteiger partial charge on any atom is -0.314 e. The highest BCUT2D eigenvalue weighted by atomic mass is 14.9. The molecule has 0 amide bonds. The molecule has 19 heavy (non-hydrogen) atoms. The normalized spacial score (nSPS) is 13.2. The van der Waals surface area contributed by atoms with Gasteiger partial charge < -0.3 is 5.32 Å². The molecule has 1 atom stereocenters. The van der Waals surface area contributed by atoms with Gasteiger partial charge >= 0.3 is 0 Å². The average Bonchev–Trinajstić information content (AvgIpc) is 2.41. The number of rotatable bonds is 14. The summed E-state index contributed by atoms with van der Waals surface area (Å²) >= 11 is 0. The molecule has 0 rings (SSSR count). The maximum Gasteiger partial charge on any atom is 0.00387 e. The van der Waals surface area contributed by atoms with Crippen LogP contribution < -0.4 is 5.32 Å². The van der Waals surface area contributed by atoms with Gasteiger partial charge in [0.05, 0.1) is 0 Å². The largest absolute Gasteiger partial charge is 0.314 e. The Balaban J connectivity index is 3.11. The molecule has 0 bridgehead atoms. The van der Waals surface area contributed by atoms with Gasteiger partial charge in [0, 0.05) is 6.04 Å². The summed E-state index contributed by atoms with van der Waals surface area (Å²) in [5, 5.41) is 3.61. The van der Waals surface area contributed by atoms with E-state index in [0.29, 0.717) is 6.04 Å². The summed E-state index contributed by atoms with van der Waals surface area (Å²) in [6.45, 7) is 7.98. The van der Waals surface area contributed by atoms with E-state index >= 15 is 0 Å². The number of hydrogen-bond acceptors (Lipinski definition) is 1. The standard InChI is InChI=1S/C18H37N/c1-4-6-8-9-10-11-12-13-14-15-16-18(3)19-17-7-5-2/h6,8,18-19H,4-5,7,9-17H2,1-3H3/b8-6+. The fraction of sp³-hybridized carbons (Fsp3) is 0.889. The molecule has 1 heteroatoms. The number of nitrogens with one attached hydrogen (secondary N) is 1. The smallest absolute Gasteiger partial charge is 0.00387 e. The Morgan fingerprint density at radius 2 is 1.53 bits per heavy atom. The van der Waals surface area contributed by atoms with Crippen LogP contribution in [0.15, 0.2) is 12.2 Å². The van der Waals surface area contributed by atoms with E-state index in [1.807, 2.05) is 0 Å². The third-order valence-corrected chi connectivity index (χ3v) is 3.68. The number of unbranched alkanes of at least 4 members (excludes halogenated alkanes) is 7. The molecule has 0 fully saturated rings. The van der Waals surface area contributed by atoms with Crippen molar-refractivity contribution in [2.75, 3.05) is 6.54 Å². The minimum atomic E-state index is 0.714. The molecular formula is C18H37N. The first-order valence-electron chi connectivity index (χ1n) is 8.69. The Kier molecular flexibility index (Phi) is 15.5. The van der Waals surface area contributed by atoms with Crippen LogP contribution in [0.25, 0.3) is 0 Å². The van der Waals surface area contributed by atoms with Gasteiger partial charge in [0.2, 0.25) is 0 Å². The molecule has 0 aromatic heterocycles. The van der Waals surface area contributed by atoms with Crippen LogP contribution in [0, 0.1) is 0 Å². The second-order valence-electron chi connectivity index (χ2n) is 5.79. The Morgan fingerprint density at radius 1 is 0.842 bits per heavy atom. The van der Waals surface area contributed by atoms with E-state index in [1.165, 1.54) is 77.2 Å². The maximum atomic E-state index is 3.61. The van der Waals surface area contributed by atoms with Crippen LogP contribution in [0.1, 0.15) is 91.4 Å². The fourth-order valence-corrected chi connectivity index (χ4v) is 2.33. The Labute approximate surface area is 122 Å². The van der Waals surface area contributed by atoms with Crippen LogP contribution in [-0.4, -0.2) is 12.6 Å². The van der Waals surface area contributed by atoms with Crippen LogP contribution in [0.5, 0.6) is 0 Å². The van der Waals surface area contributed by atoms with Crippen LogP contribution in [0.4, 0.5) is 0 Å². The topological polar surface area (TPSA) is 12.0 Å². The van der Waals surface area contributed by atoms with E-state index < -0.39 is 0 Å². The molecule has 0 aromatic rings. The van der Waals surface area contributed by atoms with E-state index in [2.05, 4.69) is 38.2 Å². The zero-order valence-electron chi connectivity index (χ0n) is 13.7. The molecule has 1 N–H and O–H groups in total. The number of allylic oxidation sites excluding steroid dienone is 2. The predicted molar refractivity (Wildman–Crippen MR) is 88.7 cm³/mol. The Morgan fingerprint density at radius 3 is 2.21 bits per heavy atom. The highest BCUT2D eigenvalue weighted by Crippen LogP contribution is 2.10. The summed E-state index contributed by atoms with van der Waals surface area (Å²) in [4.78, 5) is 0. The van der Waals surface area contributed by atoms with Gasteiger partial charge in [-0.3, -0.25) is 0 Å². The van der Waals surface area contributed by atoms with Gasteiger partial charge in [-0.05, 0) is 45.6 Å². The molecule has 0 aliphatic carbocycles. The van der Waals surface area contributed by atoms with E-state index in [-0.39, 0.29) is 0 Å². The van der Waals surface area contributed by atoms with Gasteiger partial charge in [-0.1, -0.05) is 64.5 Å². The molecule has 0 saturated heterocycles. The van der Waals surface area contributed by atoms with Crippen molar-refractivity contribution in [3.05, 3.63) is 12.2 Å². The van der Waals surface area contributed by atoms with Crippen molar-refractivity contribution >= 4 is 0 Å². The first-order valence-corrected chi connectivity index (χ1v) is 8.69. The van der Waals surface area contributed by atoms with Crippen LogP contribution in [0.2, 0.25) is 0 Å². The van der Waals surface area contributed by atoms with Crippen molar-refractivity contribution in [3.63, 3.8) is 0 Å². The van der Waals surface area contributed by atoms with Crippen molar-refractivity contribution in [1.29, 1.82) is 0 Å². The SMILES string of the molecule is CC/C=C/CCCCCCCCC(C)NCCCC. The van der Waals surface area contributed by atoms with Crippen molar-refractivity contribution in [3.8, 4) is 0 Å². The van der Waals surface area contributed by atoms with Crippen molar-refractivity contribution in [1.82, 2.24) is 5.32 Å². The second-order valence-corrected chi connectivity index (χ2v) is 5.79. The molecule has 0 aromatic carbocycles. The highest BCUT2D eigenvalue weighted by Gasteiger charge is 1.99. The van der Waals surface area contributed by atoms with Gasteiger partial charge in [0.1, 0.15) is 0 Å². The lowest BCUT2D eigenvalue weighted by atomic mass is 10.1. The summed E-state index contributed by atoms with van der Waals surface area (Å²) in [5.74, 6) is 0. The molecule has 0 saturated carbocycles. The van der Waals surface area contributed by atoms with Gasteiger partial charge in [0.15, 0.2) is 0 Å². The van der Waals surface area contributed by atoms with Gasteiger partial charge in [-0.25, -0.2) is 0 Å². The molecule has 1 nitrogen and oxygen atoms in total. The molecule has 0 aliphatic rings. The van der Waals surface area contributed by atoms with Gasteiger partial charge in [0.25, 0.3) is 0 Å². The van der Waals surface area contributed by atoms with Crippen molar-refractivity contribution in [2.24, 2.45) is 0 Å². The van der Waals surface area contributed by atoms with Crippen LogP contribution in [-0.2, 0) is 0 Å². The fourth-order valence-electron chi connectivity index (χ4n) is 2.33. The molecule has 1 unspecified atom stereocenters. The lowest BCUT2D eigenvalue weighted by Crippen LogP contribution is -2.26. The summed E-state index contributed by atoms with van der Waals surface area (Å²) in [6, 6.07) is 0.714. The van der Waals surface area contributed by atoms with E-state index in [4.69, 9.17) is 0 Å². The molecule has 114 valence electrons. The monoisotopic (exact) mass is 267 g/mol. The van der Waals surface area contributed by atoms with Crippen LogP contribution in [0.3, 0.4) is 0 Å². The van der Waals surface area contributed by atoms with Gasteiger partial charge in [-0.2, -0.15) is 0 Å². The quantitative estimate of drug-likeness (QED) is 0.307. The Bertz CT molecular complexity index is 186. The zero-order chi connectivity index (χ0) is 14.2. The molecule has 0 aliphatic heterocycles. The average molecular weight is 268 g/mol. The highest BCUT2D eigenvalue weighted by molar-refractivity contribution is 4.79. The summed E-state index contributed by atoms with van der Waals surface area (Å²) in [7, 11) is 0. The molecular weight excluding hydrogens is 230 g/mol. The molecule has 0 radical (unpaired) electrons.